The highest BCUT2D eigenvalue weighted by atomic mass is 32.2. The van der Waals surface area contributed by atoms with Crippen LogP contribution >= 0.6 is 11.8 Å². The highest BCUT2D eigenvalue weighted by Crippen LogP contribution is 2.37. The van der Waals surface area contributed by atoms with Gasteiger partial charge in [-0.15, -0.1) is 21.9 Å². The first kappa shape index (κ1) is 20.6. The molecule has 3 rings (SSSR count). The zero-order chi connectivity index (χ0) is 20.5. The minimum absolute atomic E-state index is 0.00389. The van der Waals surface area contributed by atoms with Gasteiger partial charge in [-0.3, -0.25) is 14.4 Å². The van der Waals surface area contributed by atoms with Crippen molar-refractivity contribution >= 4 is 30.0 Å². The fourth-order valence-electron chi connectivity index (χ4n) is 3.55. The zero-order valence-electron chi connectivity index (χ0n) is 15.4. The molecule has 3 aliphatic rings. The zero-order valence-corrected chi connectivity index (χ0v) is 16.2. The van der Waals surface area contributed by atoms with Crippen LogP contribution in [0.5, 0.6) is 0 Å². The Morgan fingerprint density at radius 1 is 1.36 bits per heavy atom. The molecule has 0 aromatic heterocycles. The molecule has 2 N–H and O–H groups in total. The van der Waals surface area contributed by atoms with Gasteiger partial charge in [-0.05, 0) is 13.8 Å². The number of amides is 3. The van der Waals surface area contributed by atoms with Crippen LogP contribution in [0.4, 0.5) is 0 Å². The Labute approximate surface area is 164 Å². The monoisotopic (exact) mass is 418 g/mol. The number of carbonyl (C=O) groups excluding carboxylic acids is 3. The van der Waals surface area contributed by atoms with Crippen LogP contribution < -0.4 is 10.6 Å². The maximum Gasteiger partial charge on any atom is 0.294 e. The third kappa shape index (κ3) is 4.15. The Bertz CT molecular complexity index is 662. The van der Waals surface area contributed by atoms with Gasteiger partial charge in [0.25, 0.3) is 5.09 Å². The van der Waals surface area contributed by atoms with Gasteiger partial charge in [0.2, 0.25) is 18.2 Å². The number of nitrogens with zero attached hydrogens (tertiary/aromatic N) is 2. The molecule has 0 spiro atoms. The van der Waals surface area contributed by atoms with Crippen molar-refractivity contribution in [2.45, 2.75) is 49.1 Å². The minimum Gasteiger partial charge on any atom is -0.371 e. The lowest BCUT2D eigenvalue weighted by atomic mass is 10.1. The minimum atomic E-state index is -0.896. The van der Waals surface area contributed by atoms with Crippen LogP contribution in [-0.4, -0.2) is 89.0 Å². The second kappa shape index (κ2) is 8.09. The number of fused-ring (bicyclic) bond motifs is 1. The Morgan fingerprint density at radius 3 is 2.75 bits per heavy atom. The lowest BCUT2D eigenvalue weighted by Gasteiger charge is -2.30. The maximum atomic E-state index is 12.3. The van der Waals surface area contributed by atoms with Gasteiger partial charge in [-0.2, -0.15) is 0 Å². The highest BCUT2D eigenvalue weighted by molar-refractivity contribution is 8.00. The third-order valence-electron chi connectivity index (χ3n) is 4.97. The van der Waals surface area contributed by atoms with E-state index in [9.17, 15) is 24.5 Å². The third-order valence-corrected chi connectivity index (χ3v) is 6.37. The molecule has 0 radical (unpaired) electrons. The predicted octanol–water partition coefficient (Wildman–Crippen LogP) is -1.73. The second-order valence-corrected chi connectivity index (χ2v) is 8.76. The molecule has 0 bridgehead atoms. The van der Waals surface area contributed by atoms with E-state index in [1.54, 1.807) is 0 Å². The topological polar surface area (TPSA) is 149 Å². The van der Waals surface area contributed by atoms with Crippen molar-refractivity contribution < 1.29 is 33.8 Å². The fraction of sp³-hybridized carbons (Fsp3) is 0.800. The summed E-state index contributed by atoms with van der Waals surface area (Å²) in [5.74, 6) is -0.407. The van der Waals surface area contributed by atoms with E-state index in [-0.39, 0.29) is 19.8 Å². The molecule has 28 heavy (non-hydrogen) atoms. The molecule has 3 amide bonds. The van der Waals surface area contributed by atoms with Gasteiger partial charge in [0.05, 0.1) is 30.7 Å². The molecule has 156 valence electrons. The number of hydrogen-bond donors (Lipinski definition) is 2. The van der Waals surface area contributed by atoms with Crippen molar-refractivity contribution in [1.29, 1.82) is 0 Å². The van der Waals surface area contributed by atoms with Gasteiger partial charge in [0, 0.05) is 5.75 Å². The Morgan fingerprint density at radius 2 is 2.07 bits per heavy atom. The van der Waals surface area contributed by atoms with Gasteiger partial charge in [-0.1, -0.05) is 0 Å². The Hall–Kier alpha value is -2.12. The summed E-state index contributed by atoms with van der Waals surface area (Å²) in [6.07, 6.45) is -1.38. The molecule has 3 saturated heterocycles. The van der Waals surface area contributed by atoms with Crippen LogP contribution in [0.15, 0.2) is 0 Å². The van der Waals surface area contributed by atoms with E-state index in [1.165, 1.54) is 16.7 Å². The summed E-state index contributed by atoms with van der Waals surface area (Å²) >= 11 is 1.48. The molecule has 5 atom stereocenters. The smallest absolute Gasteiger partial charge is 0.294 e. The summed E-state index contributed by atoms with van der Waals surface area (Å²) in [6.45, 7) is 3.55. The normalized spacial score (nSPS) is 33.2. The molecule has 3 fully saturated rings. The summed E-state index contributed by atoms with van der Waals surface area (Å²) < 4.78 is 10.9. The first-order valence-electron chi connectivity index (χ1n) is 8.72. The summed E-state index contributed by atoms with van der Waals surface area (Å²) in [4.78, 5) is 51.7. The molecule has 3 aliphatic heterocycles. The van der Waals surface area contributed by atoms with Crippen molar-refractivity contribution in [3.63, 3.8) is 0 Å². The largest absolute Gasteiger partial charge is 0.371 e. The van der Waals surface area contributed by atoms with E-state index in [4.69, 9.17) is 9.47 Å². The van der Waals surface area contributed by atoms with Gasteiger partial charge < -0.3 is 29.8 Å². The first-order valence-corrected chi connectivity index (χ1v) is 9.70. The number of nitrogens with one attached hydrogen (secondary N) is 2. The summed E-state index contributed by atoms with van der Waals surface area (Å²) in [5, 5.41) is 14.8. The van der Waals surface area contributed by atoms with Crippen molar-refractivity contribution in [1.82, 2.24) is 15.5 Å². The molecule has 13 heteroatoms. The van der Waals surface area contributed by atoms with E-state index in [0.29, 0.717) is 12.2 Å². The lowest BCUT2D eigenvalue weighted by molar-refractivity contribution is -0.769. The van der Waals surface area contributed by atoms with Crippen LogP contribution in [0.1, 0.15) is 13.8 Å². The average molecular weight is 418 g/mol. The standard InChI is InChI=1S/C15H22N4O8S/c1-15(2)18(7-20)9(6-28-15)14(22)16-3-11(21)17-8-4-25-13-10(27-19(23)24)5-26-12(8)13/h7-10,12-13H,3-6H2,1-2H3,(H,16,22)(H,17,21)/t8-,9-,10-,12+,13+/m0/s1. The number of ether oxygens (including phenoxy) is 2. The molecule has 0 aromatic carbocycles. The van der Waals surface area contributed by atoms with E-state index in [2.05, 4.69) is 15.5 Å². The summed E-state index contributed by atoms with van der Waals surface area (Å²) in [5.41, 5.74) is 0. The fourth-order valence-corrected chi connectivity index (χ4v) is 4.74. The Kier molecular flexibility index (Phi) is 5.95. The number of carbonyl (C=O) groups is 3. The second-order valence-electron chi connectivity index (χ2n) is 7.14. The van der Waals surface area contributed by atoms with Crippen LogP contribution in [-0.2, 0) is 28.7 Å². The molecule has 0 unspecified atom stereocenters. The van der Waals surface area contributed by atoms with Crippen LogP contribution in [0.2, 0.25) is 0 Å². The van der Waals surface area contributed by atoms with Crippen molar-refractivity contribution in [3.8, 4) is 0 Å². The predicted molar refractivity (Wildman–Crippen MR) is 94.5 cm³/mol. The van der Waals surface area contributed by atoms with Crippen LogP contribution in [0, 0.1) is 10.1 Å². The van der Waals surface area contributed by atoms with Crippen molar-refractivity contribution in [2.75, 3.05) is 25.5 Å². The van der Waals surface area contributed by atoms with Gasteiger partial charge in [0.1, 0.15) is 18.2 Å². The van der Waals surface area contributed by atoms with Gasteiger partial charge in [-0.25, -0.2) is 0 Å². The molecular formula is C15H22N4O8S. The average Bonchev–Trinajstić information content (AvgIpc) is 3.27. The quantitative estimate of drug-likeness (QED) is 0.279. The van der Waals surface area contributed by atoms with Gasteiger partial charge in [0.15, 0.2) is 6.10 Å². The maximum absolute atomic E-state index is 12.3. The molecule has 3 heterocycles. The van der Waals surface area contributed by atoms with E-state index >= 15 is 0 Å². The molecule has 12 nitrogen and oxygen atoms in total. The summed E-state index contributed by atoms with van der Waals surface area (Å²) in [6, 6.07) is -1.13. The molecule has 0 saturated carbocycles. The number of thioether (sulfide) groups is 1. The molecule has 0 aliphatic carbocycles. The van der Waals surface area contributed by atoms with E-state index < -0.39 is 52.2 Å². The van der Waals surface area contributed by atoms with Crippen molar-refractivity contribution in [3.05, 3.63) is 10.1 Å². The number of hydrogen-bond acceptors (Lipinski definition) is 9. The first-order chi connectivity index (χ1) is 13.2. The van der Waals surface area contributed by atoms with Crippen LogP contribution in [0.25, 0.3) is 0 Å². The van der Waals surface area contributed by atoms with Gasteiger partial charge >= 0.3 is 0 Å². The Balaban J connectivity index is 1.46. The van der Waals surface area contributed by atoms with E-state index in [1.807, 2.05) is 13.8 Å². The van der Waals surface area contributed by atoms with E-state index in [0.717, 1.165) is 0 Å². The summed E-state index contributed by atoms with van der Waals surface area (Å²) in [7, 11) is 0. The molecular weight excluding hydrogens is 396 g/mol. The lowest BCUT2D eigenvalue weighted by Crippen LogP contribution is -2.52. The molecule has 0 aromatic rings. The number of rotatable bonds is 7. The highest BCUT2D eigenvalue weighted by Gasteiger charge is 2.50. The van der Waals surface area contributed by atoms with Crippen LogP contribution in [0.3, 0.4) is 0 Å². The SMILES string of the molecule is CC1(C)SC[C@@H](C(=O)NCC(=O)N[C@H]2CO[C@H]3[C@@H]2OC[C@@H]3O[N+](=O)[O-])N1C=O. The van der Waals surface area contributed by atoms with Crippen molar-refractivity contribution in [2.24, 2.45) is 0 Å².